The Morgan fingerprint density at radius 2 is 2.04 bits per heavy atom. The van der Waals surface area contributed by atoms with E-state index in [1.165, 1.54) is 36.3 Å². The van der Waals surface area contributed by atoms with Gasteiger partial charge in [0.2, 0.25) is 0 Å². The Bertz CT molecular complexity index is 742. The smallest absolute Gasteiger partial charge is 0.261 e. The summed E-state index contributed by atoms with van der Waals surface area (Å²) in [6.07, 6.45) is 2.36. The fourth-order valence-electron chi connectivity index (χ4n) is 3.93. The SMILES string of the molecule is CC1CC2CCN1C[C@@H]2NC(=O)c1ccc(-c2ccc(F)cc2)s1. The first-order valence-electron chi connectivity index (χ1n) is 8.51. The van der Waals surface area contributed by atoms with E-state index in [0.717, 1.165) is 28.4 Å². The highest BCUT2D eigenvalue weighted by molar-refractivity contribution is 7.17. The van der Waals surface area contributed by atoms with Crippen LogP contribution in [-0.4, -0.2) is 36.0 Å². The molecular formula is C19H21FN2OS. The molecule has 3 aliphatic heterocycles. The minimum Gasteiger partial charge on any atom is -0.347 e. The van der Waals surface area contributed by atoms with Crippen molar-refractivity contribution in [3.63, 3.8) is 0 Å². The second-order valence-corrected chi connectivity index (χ2v) is 7.96. The van der Waals surface area contributed by atoms with Gasteiger partial charge in [0, 0.05) is 23.5 Å². The van der Waals surface area contributed by atoms with Gasteiger partial charge in [-0.05, 0) is 62.1 Å². The number of hydrogen-bond donors (Lipinski definition) is 1. The number of carbonyl (C=O) groups excluding carboxylic acids is 1. The molecule has 126 valence electrons. The quantitative estimate of drug-likeness (QED) is 0.919. The van der Waals surface area contributed by atoms with Gasteiger partial charge >= 0.3 is 0 Å². The van der Waals surface area contributed by atoms with Crippen molar-refractivity contribution in [1.29, 1.82) is 0 Å². The Hall–Kier alpha value is -1.72. The average Bonchev–Trinajstić information content (AvgIpc) is 3.07. The molecule has 3 unspecified atom stereocenters. The van der Waals surface area contributed by atoms with Crippen LogP contribution in [0.15, 0.2) is 36.4 Å². The van der Waals surface area contributed by atoms with Crippen molar-refractivity contribution >= 4 is 17.2 Å². The number of thiophene rings is 1. The minimum atomic E-state index is -0.246. The molecule has 0 spiro atoms. The summed E-state index contributed by atoms with van der Waals surface area (Å²) < 4.78 is 13.0. The molecule has 2 bridgehead atoms. The van der Waals surface area contributed by atoms with Crippen LogP contribution < -0.4 is 5.32 Å². The van der Waals surface area contributed by atoms with Crippen LogP contribution in [-0.2, 0) is 0 Å². The Kier molecular flexibility index (Phi) is 4.14. The largest absolute Gasteiger partial charge is 0.347 e. The summed E-state index contributed by atoms with van der Waals surface area (Å²) in [5.74, 6) is 0.370. The molecule has 1 N–H and O–H groups in total. The maximum Gasteiger partial charge on any atom is 0.261 e. The van der Waals surface area contributed by atoms with E-state index in [-0.39, 0.29) is 17.8 Å². The Balaban J connectivity index is 1.45. The van der Waals surface area contributed by atoms with E-state index in [2.05, 4.69) is 17.1 Å². The highest BCUT2D eigenvalue weighted by atomic mass is 32.1. The monoisotopic (exact) mass is 344 g/mol. The molecule has 3 saturated heterocycles. The number of hydrogen-bond acceptors (Lipinski definition) is 3. The number of rotatable bonds is 3. The maximum absolute atomic E-state index is 13.0. The predicted molar refractivity (Wildman–Crippen MR) is 94.7 cm³/mol. The van der Waals surface area contributed by atoms with Crippen molar-refractivity contribution in [2.75, 3.05) is 13.1 Å². The number of carbonyl (C=O) groups is 1. The molecule has 5 heteroatoms. The van der Waals surface area contributed by atoms with E-state index in [1.54, 1.807) is 12.1 Å². The standard InChI is InChI=1S/C19H21FN2OS/c1-12-10-14-8-9-22(12)11-16(14)21-19(23)18-7-6-17(24-18)13-2-4-15(20)5-3-13/h2-7,12,14,16H,8-11H2,1H3,(H,21,23)/t12?,14?,16-/m0/s1. The molecular weight excluding hydrogens is 323 g/mol. The van der Waals surface area contributed by atoms with Crippen LogP contribution in [0.4, 0.5) is 4.39 Å². The number of fused-ring (bicyclic) bond motifs is 3. The summed E-state index contributed by atoms with van der Waals surface area (Å²) in [5.41, 5.74) is 0.942. The number of nitrogens with one attached hydrogen (secondary N) is 1. The summed E-state index contributed by atoms with van der Waals surface area (Å²) in [4.78, 5) is 16.8. The lowest BCUT2D eigenvalue weighted by Crippen LogP contribution is -2.60. The van der Waals surface area contributed by atoms with Crippen LogP contribution >= 0.6 is 11.3 Å². The van der Waals surface area contributed by atoms with Crippen LogP contribution in [0.1, 0.15) is 29.4 Å². The van der Waals surface area contributed by atoms with Gasteiger partial charge in [0.15, 0.2) is 0 Å². The molecule has 1 aromatic heterocycles. The van der Waals surface area contributed by atoms with E-state index in [9.17, 15) is 9.18 Å². The zero-order valence-corrected chi connectivity index (χ0v) is 14.5. The fraction of sp³-hybridized carbons (Fsp3) is 0.421. The van der Waals surface area contributed by atoms with Crippen LogP contribution in [0.25, 0.3) is 10.4 Å². The molecule has 0 saturated carbocycles. The lowest BCUT2D eigenvalue weighted by Gasteiger charge is -2.48. The molecule has 4 heterocycles. The lowest BCUT2D eigenvalue weighted by molar-refractivity contribution is 0.0275. The Morgan fingerprint density at radius 1 is 1.25 bits per heavy atom. The highest BCUT2D eigenvalue weighted by Gasteiger charge is 2.38. The van der Waals surface area contributed by atoms with Crippen molar-refractivity contribution < 1.29 is 9.18 Å². The maximum atomic E-state index is 13.0. The van der Waals surface area contributed by atoms with E-state index >= 15 is 0 Å². The zero-order chi connectivity index (χ0) is 16.7. The first-order valence-corrected chi connectivity index (χ1v) is 9.32. The highest BCUT2D eigenvalue weighted by Crippen LogP contribution is 2.33. The molecule has 2 aromatic rings. The molecule has 0 radical (unpaired) electrons. The van der Waals surface area contributed by atoms with Crippen molar-refractivity contribution in [2.45, 2.75) is 31.8 Å². The van der Waals surface area contributed by atoms with Crippen molar-refractivity contribution in [3.8, 4) is 10.4 Å². The van der Waals surface area contributed by atoms with Gasteiger partial charge in [0.1, 0.15) is 5.82 Å². The van der Waals surface area contributed by atoms with E-state index in [0.29, 0.717) is 12.0 Å². The number of nitrogens with zero attached hydrogens (tertiary/aromatic N) is 1. The van der Waals surface area contributed by atoms with Crippen LogP contribution in [0.3, 0.4) is 0 Å². The van der Waals surface area contributed by atoms with E-state index in [1.807, 2.05) is 12.1 Å². The predicted octanol–water partition coefficient (Wildman–Crippen LogP) is 3.77. The Morgan fingerprint density at radius 3 is 2.71 bits per heavy atom. The summed E-state index contributed by atoms with van der Waals surface area (Å²) in [5, 5.41) is 3.23. The summed E-state index contributed by atoms with van der Waals surface area (Å²) in [6, 6.07) is 11.1. The molecule has 5 rings (SSSR count). The zero-order valence-electron chi connectivity index (χ0n) is 13.7. The number of halogens is 1. The minimum absolute atomic E-state index is 0.0137. The van der Waals surface area contributed by atoms with Crippen molar-refractivity contribution in [1.82, 2.24) is 10.2 Å². The molecule has 4 atom stereocenters. The summed E-state index contributed by atoms with van der Waals surface area (Å²) in [6.45, 7) is 4.40. The third-order valence-electron chi connectivity index (χ3n) is 5.33. The third-order valence-corrected chi connectivity index (χ3v) is 6.46. The second kappa shape index (κ2) is 6.30. The molecule has 24 heavy (non-hydrogen) atoms. The van der Waals surface area contributed by atoms with Crippen molar-refractivity contribution in [2.24, 2.45) is 5.92 Å². The van der Waals surface area contributed by atoms with Gasteiger partial charge in [-0.1, -0.05) is 12.1 Å². The van der Waals surface area contributed by atoms with Gasteiger partial charge < -0.3 is 5.32 Å². The first kappa shape index (κ1) is 15.8. The Labute approximate surface area is 145 Å². The topological polar surface area (TPSA) is 32.3 Å². The van der Waals surface area contributed by atoms with Crippen LogP contribution in [0.2, 0.25) is 0 Å². The fourth-order valence-corrected chi connectivity index (χ4v) is 4.84. The van der Waals surface area contributed by atoms with Crippen molar-refractivity contribution in [3.05, 3.63) is 47.1 Å². The van der Waals surface area contributed by atoms with Gasteiger partial charge in [-0.3, -0.25) is 9.69 Å². The number of amides is 1. The third kappa shape index (κ3) is 2.98. The van der Waals surface area contributed by atoms with E-state index in [4.69, 9.17) is 0 Å². The molecule has 3 aliphatic rings. The van der Waals surface area contributed by atoms with Gasteiger partial charge in [-0.2, -0.15) is 0 Å². The van der Waals surface area contributed by atoms with Gasteiger partial charge in [0.25, 0.3) is 5.91 Å². The average molecular weight is 344 g/mol. The lowest BCUT2D eigenvalue weighted by atomic mass is 9.80. The first-order chi connectivity index (χ1) is 11.6. The van der Waals surface area contributed by atoms with Gasteiger partial charge in [-0.25, -0.2) is 4.39 Å². The summed E-state index contributed by atoms with van der Waals surface area (Å²) >= 11 is 1.46. The molecule has 3 fully saturated rings. The normalized spacial score (nSPS) is 28.8. The van der Waals surface area contributed by atoms with Crippen LogP contribution in [0.5, 0.6) is 0 Å². The molecule has 3 nitrogen and oxygen atoms in total. The van der Waals surface area contributed by atoms with E-state index < -0.39 is 0 Å². The number of piperidine rings is 3. The second-order valence-electron chi connectivity index (χ2n) is 6.88. The molecule has 0 aliphatic carbocycles. The van der Waals surface area contributed by atoms with Gasteiger partial charge in [-0.15, -0.1) is 11.3 Å². The van der Waals surface area contributed by atoms with Gasteiger partial charge in [0.05, 0.1) is 4.88 Å². The number of benzene rings is 1. The summed E-state index contributed by atoms with van der Waals surface area (Å²) in [7, 11) is 0. The van der Waals surface area contributed by atoms with Crippen LogP contribution in [0, 0.1) is 11.7 Å². The molecule has 1 amide bonds. The molecule has 1 aromatic carbocycles.